The molecule has 2 aromatic carbocycles. The number of nitrogens with one attached hydrogen (secondary N) is 1. The molecule has 33 heavy (non-hydrogen) atoms. The van der Waals surface area contributed by atoms with Crippen molar-refractivity contribution in [2.45, 2.75) is 44.6 Å². The summed E-state index contributed by atoms with van der Waals surface area (Å²) >= 11 is 0. The Morgan fingerprint density at radius 2 is 1.67 bits per heavy atom. The summed E-state index contributed by atoms with van der Waals surface area (Å²) in [6.07, 6.45) is 4.31. The molecule has 7 heteroatoms. The third-order valence-electron chi connectivity index (χ3n) is 6.13. The number of amides is 2. The standard InChI is InChI=1S/C26H32N2O5/c1-28(2)26(32)33-21-14-12-19(13-15-21)17-23(25(30)31)27-24(29)22-11-7-6-10-20(22)16-18-8-4-3-5-9-18/h3-5,8-9,12-15,20,22-23H,6-7,10-11,16-17H2,1-2H3,(H,27,29)(H,30,31)/t20-,22+,23+/m1/s1. The van der Waals surface area contributed by atoms with Gasteiger partial charge in [-0.15, -0.1) is 0 Å². The molecule has 1 fully saturated rings. The second kappa shape index (κ2) is 11.5. The Morgan fingerprint density at radius 3 is 2.30 bits per heavy atom. The van der Waals surface area contributed by atoms with Crippen LogP contribution in [-0.4, -0.2) is 48.1 Å². The van der Waals surface area contributed by atoms with Gasteiger partial charge >= 0.3 is 12.1 Å². The van der Waals surface area contributed by atoms with Gasteiger partial charge in [-0.05, 0) is 48.4 Å². The molecule has 0 heterocycles. The molecule has 3 atom stereocenters. The zero-order chi connectivity index (χ0) is 23.8. The smallest absolute Gasteiger partial charge is 0.414 e. The molecule has 0 aromatic heterocycles. The molecule has 176 valence electrons. The third kappa shape index (κ3) is 7.07. The Kier molecular flexibility index (Phi) is 8.46. The lowest BCUT2D eigenvalue weighted by Gasteiger charge is -2.31. The Balaban J connectivity index is 1.63. The summed E-state index contributed by atoms with van der Waals surface area (Å²) < 4.78 is 5.19. The molecule has 1 saturated carbocycles. The number of carbonyl (C=O) groups excluding carboxylic acids is 2. The lowest BCUT2D eigenvalue weighted by molar-refractivity contribution is -0.143. The second-order valence-corrected chi connectivity index (χ2v) is 8.85. The van der Waals surface area contributed by atoms with Gasteiger partial charge in [-0.2, -0.15) is 0 Å². The molecule has 1 aliphatic rings. The van der Waals surface area contributed by atoms with Gasteiger partial charge in [-0.3, -0.25) is 4.79 Å². The highest BCUT2D eigenvalue weighted by molar-refractivity contribution is 5.85. The molecule has 0 bridgehead atoms. The van der Waals surface area contributed by atoms with Gasteiger partial charge < -0.3 is 20.1 Å². The summed E-state index contributed by atoms with van der Waals surface area (Å²) in [5, 5.41) is 12.5. The number of hydrogen-bond donors (Lipinski definition) is 2. The van der Waals surface area contributed by atoms with Gasteiger partial charge in [0, 0.05) is 26.4 Å². The van der Waals surface area contributed by atoms with Crippen molar-refractivity contribution in [1.82, 2.24) is 10.2 Å². The number of carboxylic acid groups (broad SMARTS) is 1. The van der Waals surface area contributed by atoms with Crippen molar-refractivity contribution in [3.05, 3.63) is 65.7 Å². The molecule has 2 aromatic rings. The summed E-state index contributed by atoms with van der Waals surface area (Å²) in [6.45, 7) is 0. The van der Waals surface area contributed by atoms with E-state index >= 15 is 0 Å². The number of benzene rings is 2. The van der Waals surface area contributed by atoms with Gasteiger partial charge in [0.25, 0.3) is 0 Å². The monoisotopic (exact) mass is 452 g/mol. The molecule has 0 radical (unpaired) electrons. The Morgan fingerprint density at radius 1 is 1.00 bits per heavy atom. The normalized spacial score (nSPS) is 18.7. The zero-order valence-corrected chi connectivity index (χ0v) is 19.2. The van der Waals surface area contributed by atoms with E-state index in [9.17, 15) is 19.5 Å². The Labute approximate surface area is 194 Å². The van der Waals surface area contributed by atoms with E-state index in [-0.39, 0.29) is 24.2 Å². The molecular formula is C26H32N2O5. The highest BCUT2D eigenvalue weighted by Crippen LogP contribution is 2.33. The SMILES string of the molecule is CN(C)C(=O)Oc1ccc(C[C@H](NC(=O)[C@H]2CCCC[C@@H]2Cc2ccccc2)C(=O)O)cc1. The average molecular weight is 453 g/mol. The molecule has 0 saturated heterocycles. The number of ether oxygens (including phenoxy) is 1. The van der Waals surface area contributed by atoms with Gasteiger partial charge in [0.15, 0.2) is 0 Å². The van der Waals surface area contributed by atoms with Crippen molar-refractivity contribution in [2.24, 2.45) is 11.8 Å². The Hall–Kier alpha value is -3.35. The van der Waals surface area contributed by atoms with Gasteiger partial charge in [0.2, 0.25) is 5.91 Å². The summed E-state index contributed by atoms with van der Waals surface area (Å²) in [7, 11) is 3.18. The van der Waals surface area contributed by atoms with E-state index in [1.807, 2.05) is 18.2 Å². The summed E-state index contributed by atoms with van der Waals surface area (Å²) in [5.41, 5.74) is 1.93. The zero-order valence-electron chi connectivity index (χ0n) is 19.2. The van der Waals surface area contributed by atoms with Crippen molar-refractivity contribution >= 4 is 18.0 Å². The van der Waals surface area contributed by atoms with Crippen molar-refractivity contribution in [2.75, 3.05) is 14.1 Å². The largest absolute Gasteiger partial charge is 0.480 e. The Bertz CT molecular complexity index is 943. The molecular weight excluding hydrogens is 420 g/mol. The van der Waals surface area contributed by atoms with Crippen molar-refractivity contribution in [1.29, 1.82) is 0 Å². The molecule has 7 nitrogen and oxygen atoms in total. The van der Waals surface area contributed by atoms with E-state index in [4.69, 9.17) is 4.74 Å². The first-order valence-electron chi connectivity index (χ1n) is 11.4. The minimum Gasteiger partial charge on any atom is -0.480 e. The minimum absolute atomic E-state index is 0.152. The summed E-state index contributed by atoms with van der Waals surface area (Å²) in [6, 6.07) is 15.8. The first-order valence-corrected chi connectivity index (χ1v) is 11.4. The van der Waals surface area contributed by atoms with E-state index < -0.39 is 18.1 Å². The summed E-state index contributed by atoms with van der Waals surface area (Å²) in [4.78, 5) is 38.0. The van der Waals surface area contributed by atoms with E-state index in [2.05, 4.69) is 17.4 Å². The van der Waals surface area contributed by atoms with Crippen molar-refractivity contribution in [3.63, 3.8) is 0 Å². The highest BCUT2D eigenvalue weighted by atomic mass is 16.6. The van der Waals surface area contributed by atoms with Crippen LogP contribution in [0.3, 0.4) is 0 Å². The maximum atomic E-state index is 13.1. The van der Waals surface area contributed by atoms with Crippen LogP contribution in [0.2, 0.25) is 0 Å². The minimum atomic E-state index is -1.07. The van der Waals surface area contributed by atoms with Crippen molar-refractivity contribution in [3.8, 4) is 5.75 Å². The predicted octanol–water partition coefficient (Wildman–Crippen LogP) is 3.91. The van der Waals surface area contributed by atoms with Crippen molar-refractivity contribution < 1.29 is 24.2 Å². The van der Waals surface area contributed by atoms with E-state index in [1.54, 1.807) is 38.4 Å². The fraction of sp³-hybridized carbons (Fsp3) is 0.423. The lowest BCUT2D eigenvalue weighted by atomic mass is 9.75. The molecule has 0 spiro atoms. The predicted molar refractivity (Wildman–Crippen MR) is 125 cm³/mol. The van der Waals surface area contributed by atoms with Crippen LogP contribution in [0.25, 0.3) is 0 Å². The topological polar surface area (TPSA) is 95.9 Å². The number of carbonyl (C=O) groups is 3. The quantitative estimate of drug-likeness (QED) is 0.633. The van der Waals surface area contributed by atoms with Gasteiger partial charge in [0.05, 0.1) is 0 Å². The molecule has 2 N–H and O–H groups in total. The van der Waals surface area contributed by atoms with Crippen LogP contribution < -0.4 is 10.1 Å². The van der Waals surface area contributed by atoms with Gasteiger partial charge in [-0.25, -0.2) is 9.59 Å². The van der Waals surface area contributed by atoms with Gasteiger partial charge in [-0.1, -0.05) is 55.3 Å². The fourth-order valence-corrected chi connectivity index (χ4v) is 4.31. The maximum Gasteiger partial charge on any atom is 0.414 e. The van der Waals surface area contributed by atoms with Crippen LogP contribution in [0.15, 0.2) is 54.6 Å². The van der Waals surface area contributed by atoms with Crippen LogP contribution in [0.5, 0.6) is 5.75 Å². The number of hydrogen-bond acceptors (Lipinski definition) is 4. The molecule has 1 aliphatic carbocycles. The van der Waals surface area contributed by atoms with Crippen LogP contribution in [0.4, 0.5) is 4.79 Å². The highest BCUT2D eigenvalue weighted by Gasteiger charge is 2.33. The lowest BCUT2D eigenvalue weighted by Crippen LogP contribution is -2.47. The number of nitrogens with zero attached hydrogens (tertiary/aromatic N) is 1. The molecule has 2 amide bonds. The van der Waals surface area contributed by atoms with Crippen LogP contribution in [0.1, 0.15) is 36.8 Å². The van der Waals surface area contributed by atoms with Crippen LogP contribution in [-0.2, 0) is 22.4 Å². The first kappa shape index (κ1) is 24.3. The van der Waals surface area contributed by atoms with Crippen LogP contribution >= 0.6 is 0 Å². The molecule has 0 aliphatic heterocycles. The molecule has 0 unspecified atom stereocenters. The summed E-state index contributed by atoms with van der Waals surface area (Å²) in [5.74, 6) is -0.851. The number of carboxylic acids is 1. The van der Waals surface area contributed by atoms with Gasteiger partial charge in [0.1, 0.15) is 11.8 Å². The number of aliphatic carboxylic acids is 1. The fourth-order valence-electron chi connectivity index (χ4n) is 4.31. The van der Waals surface area contributed by atoms with E-state index in [0.717, 1.165) is 37.7 Å². The maximum absolute atomic E-state index is 13.1. The first-order chi connectivity index (χ1) is 15.8. The number of rotatable bonds is 8. The average Bonchev–Trinajstić information content (AvgIpc) is 2.80. The molecule has 3 rings (SSSR count). The third-order valence-corrected chi connectivity index (χ3v) is 6.13. The second-order valence-electron chi connectivity index (χ2n) is 8.85. The van der Waals surface area contributed by atoms with E-state index in [0.29, 0.717) is 5.75 Å². The van der Waals surface area contributed by atoms with E-state index in [1.165, 1.54) is 10.5 Å². The van der Waals surface area contributed by atoms with Crippen LogP contribution in [0, 0.1) is 11.8 Å².